The van der Waals surface area contributed by atoms with Gasteiger partial charge in [-0.05, 0) is 37.8 Å². The molecule has 0 radical (unpaired) electrons. The van der Waals surface area contributed by atoms with Crippen LogP contribution in [0.25, 0.3) is 0 Å². The van der Waals surface area contributed by atoms with E-state index in [1.54, 1.807) is 6.92 Å². The Bertz CT molecular complexity index is 574. The van der Waals surface area contributed by atoms with Gasteiger partial charge < -0.3 is 9.80 Å². The number of amides is 2. The number of aryl methyl sites for hydroxylation is 1. The maximum absolute atomic E-state index is 12.7. The molecule has 2 heterocycles. The summed E-state index contributed by atoms with van der Waals surface area (Å²) < 4.78 is 0. The lowest BCUT2D eigenvalue weighted by molar-refractivity contribution is -0.133. The molecule has 2 aliphatic rings. The van der Waals surface area contributed by atoms with Crippen molar-refractivity contribution in [3.63, 3.8) is 0 Å². The number of rotatable bonds is 1. The van der Waals surface area contributed by atoms with Crippen LogP contribution in [0.4, 0.5) is 5.69 Å². The largest absolute Gasteiger partial charge is 0.343 e. The van der Waals surface area contributed by atoms with Gasteiger partial charge in [-0.15, -0.1) is 0 Å². The summed E-state index contributed by atoms with van der Waals surface area (Å²) >= 11 is 0. The van der Waals surface area contributed by atoms with Crippen molar-refractivity contribution in [2.75, 3.05) is 24.5 Å². The van der Waals surface area contributed by atoms with Gasteiger partial charge in [-0.1, -0.05) is 17.7 Å². The second-order valence-electron chi connectivity index (χ2n) is 6.15. The van der Waals surface area contributed by atoms with Crippen LogP contribution in [0.15, 0.2) is 18.2 Å². The molecule has 1 saturated heterocycles. The lowest BCUT2D eigenvalue weighted by Crippen LogP contribution is -2.43. The van der Waals surface area contributed by atoms with E-state index >= 15 is 0 Å². The number of anilines is 1. The molecule has 1 aromatic rings. The van der Waals surface area contributed by atoms with Crippen LogP contribution >= 0.6 is 0 Å². The minimum atomic E-state index is 0.0628. The number of likely N-dealkylation sites (tertiary alicyclic amines) is 1. The molecule has 0 unspecified atom stereocenters. The molecule has 0 bridgehead atoms. The first-order valence-electron chi connectivity index (χ1n) is 7.72. The van der Waals surface area contributed by atoms with E-state index < -0.39 is 0 Å². The molecule has 112 valence electrons. The van der Waals surface area contributed by atoms with Gasteiger partial charge in [0.15, 0.2) is 0 Å². The van der Waals surface area contributed by atoms with Gasteiger partial charge in [0.25, 0.3) is 0 Å². The van der Waals surface area contributed by atoms with Crippen LogP contribution in [0.1, 0.15) is 30.9 Å². The first-order chi connectivity index (χ1) is 10.1. The number of hydrogen-bond acceptors (Lipinski definition) is 2. The summed E-state index contributed by atoms with van der Waals surface area (Å²) in [5, 5.41) is 0. The molecule has 2 aliphatic heterocycles. The molecule has 0 aromatic heterocycles. The maximum atomic E-state index is 12.7. The summed E-state index contributed by atoms with van der Waals surface area (Å²) in [4.78, 5) is 27.9. The van der Waals surface area contributed by atoms with E-state index in [0.717, 1.165) is 31.5 Å². The van der Waals surface area contributed by atoms with Crippen LogP contribution in [0, 0.1) is 12.8 Å². The zero-order valence-corrected chi connectivity index (χ0v) is 12.8. The predicted octanol–water partition coefficient (Wildman–Crippen LogP) is 2.14. The molecule has 0 spiro atoms. The van der Waals surface area contributed by atoms with Gasteiger partial charge in [-0.2, -0.15) is 0 Å². The van der Waals surface area contributed by atoms with E-state index in [1.807, 2.05) is 9.80 Å². The third-order valence-electron chi connectivity index (χ3n) is 4.69. The predicted molar refractivity (Wildman–Crippen MR) is 82.2 cm³/mol. The highest BCUT2D eigenvalue weighted by Crippen LogP contribution is 2.31. The zero-order valence-electron chi connectivity index (χ0n) is 12.8. The summed E-state index contributed by atoms with van der Waals surface area (Å²) in [7, 11) is 0. The molecule has 0 atom stereocenters. The van der Waals surface area contributed by atoms with Crippen molar-refractivity contribution in [2.24, 2.45) is 5.92 Å². The minimum Gasteiger partial charge on any atom is -0.343 e. The molecule has 0 N–H and O–H groups in total. The SMILES string of the molecule is CC(=O)N1CCC(C(=O)N2CCc3cc(C)ccc32)CC1. The Balaban J connectivity index is 1.70. The number of carbonyl (C=O) groups excluding carboxylic acids is 2. The van der Waals surface area contributed by atoms with Crippen LogP contribution in [0.2, 0.25) is 0 Å². The third-order valence-corrected chi connectivity index (χ3v) is 4.69. The van der Waals surface area contributed by atoms with Crippen LogP contribution in [-0.2, 0) is 16.0 Å². The summed E-state index contributed by atoms with van der Waals surface area (Å²) in [6.45, 7) is 5.90. The van der Waals surface area contributed by atoms with Crippen LogP contribution in [-0.4, -0.2) is 36.3 Å². The fraction of sp³-hybridized carbons (Fsp3) is 0.529. The normalized spacial score (nSPS) is 18.8. The number of nitrogens with zero attached hydrogens (tertiary/aromatic N) is 2. The average molecular weight is 286 g/mol. The summed E-state index contributed by atoms with van der Waals surface area (Å²) in [5.41, 5.74) is 3.61. The van der Waals surface area contributed by atoms with Crippen molar-refractivity contribution in [1.82, 2.24) is 4.90 Å². The lowest BCUT2D eigenvalue weighted by Gasteiger charge is -2.32. The molecule has 1 fully saturated rings. The number of hydrogen-bond donors (Lipinski definition) is 0. The molecule has 3 rings (SSSR count). The Morgan fingerprint density at radius 3 is 2.52 bits per heavy atom. The summed E-state index contributed by atoms with van der Waals surface area (Å²) in [6, 6.07) is 6.32. The summed E-state index contributed by atoms with van der Waals surface area (Å²) in [6.07, 6.45) is 2.53. The fourth-order valence-electron chi connectivity index (χ4n) is 3.42. The van der Waals surface area contributed by atoms with E-state index in [9.17, 15) is 9.59 Å². The Hall–Kier alpha value is -1.84. The van der Waals surface area contributed by atoms with Crippen molar-refractivity contribution in [2.45, 2.75) is 33.1 Å². The van der Waals surface area contributed by atoms with Crippen molar-refractivity contribution in [3.8, 4) is 0 Å². The van der Waals surface area contributed by atoms with Crippen molar-refractivity contribution < 1.29 is 9.59 Å². The minimum absolute atomic E-state index is 0.0628. The molecule has 0 saturated carbocycles. The molecule has 2 amide bonds. The highest BCUT2D eigenvalue weighted by molar-refractivity contribution is 5.97. The van der Waals surface area contributed by atoms with Crippen LogP contribution in [0.5, 0.6) is 0 Å². The molecular weight excluding hydrogens is 264 g/mol. The molecule has 1 aromatic carbocycles. The molecular formula is C17H22N2O2. The number of piperidine rings is 1. The number of benzene rings is 1. The topological polar surface area (TPSA) is 40.6 Å². The number of fused-ring (bicyclic) bond motifs is 1. The fourth-order valence-corrected chi connectivity index (χ4v) is 3.42. The molecule has 0 aliphatic carbocycles. The maximum Gasteiger partial charge on any atom is 0.230 e. The molecule has 4 heteroatoms. The second-order valence-corrected chi connectivity index (χ2v) is 6.15. The van der Waals surface area contributed by atoms with E-state index in [2.05, 4.69) is 25.1 Å². The summed E-state index contributed by atoms with van der Waals surface area (Å²) in [5.74, 6) is 0.413. The van der Waals surface area contributed by atoms with Crippen molar-refractivity contribution in [3.05, 3.63) is 29.3 Å². The molecule has 4 nitrogen and oxygen atoms in total. The Labute approximate surface area is 125 Å². The van der Waals surface area contributed by atoms with Gasteiger partial charge in [0.05, 0.1) is 0 Å². The van der Waals surface area contributed by atoms with Gasteiger partial charge in [-0.3, -0.25) is 9.59 Å². The van der Waals surface area contributed by atoms with Gasteiger partial charge in [-0.25, -0.2) is 0 Å². The zero-order chi connectivity index (χ0) is 15.0. The highest BCUT2D eigenvalue weighted by atomic mass is 16.2. The standard InChI is InChI=1S/C17H22N2O2/c1-12-3-4-16-15(11-12)7-10-19(16)17(21)14-5-8-18(9-6-14)13(2)20/h3-4,11,14H,5-10H2,1-2H3. The van der Waals surface area contributed by atoms with Crippen LogP contribution < -0.4 is 4.90 Å². The smallest absolute Gasteiger partial charge is 0.230 e. The van der Waals surface area contributed by atoms with E-state index in [1.165, 1.54) is 11.1 Å². The van der Waals surface area contributed by atoms with Crippen LogP contribution in [0.3, 0.4) is 0 Å². The molecule has 21 heavy (non-hydrogen) atoms. The van der Waals surface area contributed by atoms with Crippen molar-refractivity contribution >= 4 is 17.5 Å². The van der Waals surface area contributed by atoms with Crippen molar-refractivity contribution in [1.29, 1.82) is 0 Å². The van der Waals surface area contributed by atoms with E-state index in [-0.39, 0.29) is 17.7 Å². The third kappa shape index (κ3) is 2.67. The lowest BCUT2D eigenvalue weighted by atomic mass is 9.95. The van der Waals surface area contributed by atoms with Gasteiger partial charge >= 0.3 is 0 Å². The van der Waals surface area contributed by atoms with E-state index in [4.69, 9.17) is 0 Å². The van der Waals surface area contributed by atoms with Gasteiger partial charge in [0.2, 0.25) is 11.8 Å². The van der Waals surface area contributed by atoms with Gasteiger partial charge in [0.1, 0.15) is 0 Å². The quantitative estimate of drug-likeness (QED) is 0.793. The Morgan fingerprint density at radius 1 is 1.14 bits per heavy atom. The Morgan fingerprint density at radius 2 is 1.86 bits per heavy atom. The first-order valence-corrected chi connectivity index (χ1v) is 7.72. The monoisotopic (exact) mass is 286 g/mol. The number of carbonyl (C=O) groups is 2. The van der Waals surface area contributed by atoms with Gasteiger partial charge in [0, 0.05) is 38.2 Å². The average Bonchev–Trinajstić information content (AvgIpc) is 2.89. The second kappa shape index (κ2) is 5.51. The van der Waals surface area contributed by atoms with E-state index in [0.29, 0.717) is 13.1 Å². The Kier molecular flexibility index (Phi) is 3.70. The first kappa shape index (κ1) is 14.1. The highest BCUT2D eigenvalue weighted by Gasteiger charge is 2.32.